The van der Waals surface area contributed by atoms with Gasteiger partial charge in [-0.15, -0.1) is 0 Å². The van der Waals surface area contributed by atoms with E-state index in [1.165, 1.54) is 35.4 Å². The zero-order valence-electron chi connectivity index (χ0n) is 17.1. The average Bonchev–Trinajstić information content (AvgIpc) is 3.12. The summed E-state index contributed by atoms with van der Waals surface area (Å²) in [6.45, 7) is 0.690. The van der Waals surface area contributed by atoms with Crippen molar-refractivity contribution in [2.75, 3.05) is 0 Å². The molecule has 0 bridgehead atoms. The van der Waals surface area contributed by atoms with Crippen LogP contribution < -0.4 is 4.72 Å². The summed E-state index contributed by atoms with van der Waals surface area (Å²) >= 11 is 6.07. The molecule has 0 saturated heterocycles. The van der Waals surface area contributed by atoms with E-state index in [0.717, 1.165) is 12.3 Å². The standard InChI is InChI=1S/C20H13ClF3N7O2S/c1-11(20(22,23)24)30-34(32,33)13-2-3-16(28-9-13)18-15(7-25)14-6-12(21)8-29-19(14)31(18)17-10-26-4-5-27-17/h2-6,8-11,30H,1H3. The van der Waals surface area contributed by atoms with E-state index >= 15 is 0 Å². The lowest BCUT2D eigenvalue weighted by Crippen LogP contribution is -2.42. The van der Waals surface area contributed by atoms with Gasteiger partial charge in [0.25, 0.3) is 0 Å². The molecule has 0 aliphatic carbocycles. The monoisotopic (exact) mass is 507 g/mol. The molecule has 4 rings (SSSR count). The van der Waals surface area contributed by atoms with E-state index in [2.05, 4.69) is 26.0 Å². The minimum Gasteiger partial charge on any atom is -0.274 e. The van der Waals surface area contributed by atoms with E-state index in [-0.39, 0.29) is 22.0 Å². The number of nitrogens with one attached hydrogen (secondary N) is 1. The summed E-state index contributed by atoms with van der Waals surface area (Å²) in [6.07, 6.45) is 1.86. The number of fused-ring (bicyclic) bond motifs is 1. The zero-order valence-corrected chi connectivity index (χ0v) is 18.7. The summed E-state index contributed by atoms with van der Waals surface area (Å²) in [5.74, 6) is 0.304. The maximum absolute atomic E-state index is 12.8. The lowest BCUT2D eigenvalue weighted by molar-refractivity contribution is -0.147. The molecule has 0 aliphatic heterocycles. The summed E-state index contributed by atoms with van der Waals surface area (Å²) in [5.41, 5.74) is 0.852. The molecule has 4 aromatic heterocycles. The molecule has 34 heavy (non-hydrogen) atoms. The first-order chi connectivity index (χ1) is 16.0. The maximum atomic E-state index is 12.8. The highest BCUT2D eigenvalue weighted by Crippen LogP contribution is 2.35. The van der Waals surface area contributed by atoms with Gasteiger partial charge in [-0.3, -0.25) is 14.5 Å². The summed E-state index contributed by atoms with van der Waals surface area (Å²) in [4.78, 5) is 16.2. The average molecular weight is 508 g/mol. The first-order valence-corrected chi connectivity index (χ1v) is 11.3. The molecule has 0 saturated carbocycles. The van der Waals surface area contributed by atoms with Crippen LogP contribution in [0, 0.1) is 11.3 Å². The van der Waals surface area contributed by atoms with E-state index in [9.17, 15) is 26.9 Å². The van der Waals surface area contributed by atoms with Crippen molar-refractivity contribution >= 4 is 32.7 Å². The largest absolute Gasteiger partial charge is 0.404 e. The molecule has 14 heteroatoms. The highest BCUT2D eigenvalue weighted by atomic mass is 35.5. The molecular formula is C20H13ClF3N7O2S. The van der Waals surface area contributed by atoms with E-state index in [1.807, 2.05) is 0 Å². The van der Waals surface area contributed by atoms with Gasteiger partial charge in [-0.2, -0.15) is 23.2 Å². The minimum atomic E-state index is -4.76. The van der Waals surface area contributed by atoms with Crippen LogP contribution in [0.4, 0.5) is 13.2 Å². The van der Waals surface area contributed by atoms with Crippen LogP contribution in [0.3, 0.4) is 0 Å². The number of nitrogens with zero attached hydrogens (tertiary/aromatic N) is 6. The van der Waals surface area contributed by atoms with Crippen molar-refractivity contribution in [2.24, 2.45) is 0 Å². The van der Waals surface area contributed by atoms with Crippen LogP contribution in [0.1, 0.15) is 12.5 Å². The van der Waals surface area contributed by atoms with Gasteiger partial charge in [-0.1, -0.05) is 11.6 Å². The van der Waals surface area contributed by atoms with Crippen LogP contribution in [0.2, 0.25) is 5.02 Å². The van der Waals surface area contributed by atoms with Crippen molar-refractivity contribution in [1.29, 1.82) is 5.26 Å². The third-order valence-electron chi connectivity index (χ3n) is 4.78. The van der Waals surface area contributed by atoms with Gasteiger partial charge in [0.15, 0.2) is 5.82 Å². The fraction of sp³-hybridized carbons (Fsp3) is 0.150. The molecule has 174 valence electrons. The number of alkyl halides is 3. The van der Waals surface area contributed by atoms with Crippen LogP contribution in [0.15, 0.2) is 54.1 Å². The van der Waals surface area contributed by atoms with Gasteiger partial charge < -0.3 is 0 Å². The molecule has 0 fully saturated rings. The van der Waals surface area contributed by atoms with Gasteiger partial charge in [-0.25, -0.2) is 18.4 Å². The normalized spacial score (nSPS) is 13.1. The van der Waals surface area contributed by atoms with Crippen molar-refractivity contribution in [3.8, 4) is 23.3 Å². The first-order valence-electron chi connectivity index (χ1n) is 9.45. The Bertz CT molecular complexity index is 1520. The molecule has 0 amide bonds. The highest BCUT2D eigenvalue weighted by molar-refractivity contribution is 7.89. The van der Waals surface area contributed by atoms with E-state index in [4.69, 9.17) is 11.6 Å². The Kier molecular flexibility index (Phi) is 5.98. The Hall–Kier alpha value is -3.60. The second-order valence-corrected chi connectivity index (χ2v) is 9.17. The Balaban J connectivity index is 1.87. The number of nitriles is 1. The SMILES string of the molecule is CC(NS(=O)(=O)c1ccc(-c2c(C#N)c3cc(Cl)cnc3n2-c2cnccn2)nc1)C(F)(F)F. The number of aromatic nitrogens is 5. The summed E-state index contributed by atoms with van der Waals surface area (Å²) in [7, 11) is -4.51. The van der Waals surface area contributed by atoms with Crippen LogP contribution in [0.25, 0.3) is 28.2 Å². The fourth-order valence-electron chi connectivity index (χ4n) is 3.17. The number of hydrogen-bond acceptors (Lipinski definition) is 7. The molecule has 4 aromatic rings. The van der Waals surface area contributed by atoms with E-state index < -0.39 is 27.1 Å². The smallest absolute Gasteiger partial charge is 0.274 e. The Labute approximate surface area is 195 Å². The van der Waals surface area contributed by atoms with Crippen LogP contribution in [-0.2, 0) is 10.0 Å². The van der Waals surface area contributed by atoms with Gasteiger partial charge in [-0.05, 0) is 25.1 Å². The van der Waals surface area contributed by atoms with Crippen molar-refractivity contribution < 1.29 is 21.6 Å². The topological polar surface area (TPSA) is 126 Å². The van der Waals surface area contributed by atoms with Crippen LogP contribution in [0.5, 0.6) is 0 Å². The van der Waals surface area contributed by atoms with Crippen molar-refractivity contribution in [3.05, 3.63) is 59.8 Å². The Morgan fingerprint density at radius 2 is 1.91 bits per heavy atom. The first kappa shape index (κ1) is 23.6. The van der Waals surface area contributed by atoms with Crippen molar-refractivity contribution in [2.45, 2.75) is 24.0 Å². The summed E-state index contributed by atoms with van der Waals surface area (Å²) in [6, 6.07) is 3.69. The number of pyridine rings is 2. The number of sulfonamides is 1. The van der Waals surface area contributed by atoms with Crippen LogP contribution >= 0.6 is 11.6 Å². The van der Waals surface area contributed by atoms with Gasteiger partial charge in [0.1, 0.15) is 22.7 Å². The summed E-state index contributed by atoms with van der Waals surface area (Å²) in [5, 5.41) is 10.6. The van der Waals surface area contributed by atoms with Gasteiger partial charge in [0.05, 0.1) is 28.2 Å². The van der Waals surface area contributed by atoms with Gasteiger partial charge in [0.2, 0.25) is 10.0 Å². The number of hydrogen-bond donors (Lipinski definition) is 1. The minimum absolute atomic E-state index is 0.141. The lowest BCUT2D eigenvalue weighted by Gasteiger charge is -2.17. The Morgan fingerprint density at radius 3 is 2.50 bits per heavy atom. The fourth-order valence-corrected chi connectivity index (χ4v) is 4.50. The third-order valence-corrected chi connectivity index (χ3v) is 6.51. The Morgan fingerprint density at radius 1 is 1.15 bits per heavy atom. The van der Waals surface area contributed by atoms with Crippen LogP contribution in [-0.4, -0.2) is 45.1 Å². The molecule has 1 atom stereocenters. The van der Waals surface area contributed by atoms with E-state index in [0.29, 0.717) is 23.8 Å². The van der Waals surface area contributed by atoms with E-state index in [1.54, 1.807) is 10.8 Å². The number of rotatable bonds is 5. The predicted molar refractivity (Wildman–Crippen MR) is 115 cm³/mol. The second kappa shape index (κ2) is 8.64. The summed E-state index contributed by atoms with van der Waals surface area (Å²) < 4.78 is 66.2. The second-order valence-electron chi connectivity index (χ2n) is 7.02. The molecule has 9 nitrogen and oxygen atoms in total. The maximum Gasteiger partial charge on any atom is 0.404 e. The molecule has 0 aliphatic rings. The predicted octanol–water partition coefficient (Wildman–Crippen LogP) is 3.63. The molecule has 0 aromatic carbocycles. The van der Waals surface area contributed by atoms with Gasteiger partial charge >= 0.3 is 6.18 Å². The third kappa shape index (κ3) is 4.30. The number of halogens is 4. The molecule has 1 unspecified atom stereocenters. The van der Waals surface area contributed by atoms with Crippen molar-refractivity contribution in [3.63, 3.8) is 0 Å². The lowest BCUT2D eigenvalue weighted by atomic mass is 10.1. The van der Waals surface area contributed by atoms with Crippen molar-refractivity contribution in [1.82, 2.24) is 29.2 Å². The molecule has 1 N–H and O–H groups in total. The molecule has 0 spiro atoms. The molecular weight excluding hydrogens is 495 g/mol. The zero-order chi connectivity index (χ0) is 24.7. The quantitative estimate of drug-likeness (QED) is 0.437. The molecule has 0 radical (unpaired) electrons. The van der Waals surface area contributed by atoms with Gasteiger partial charge in [0, 0.05) is 30.2 Å². The highest BCUT2D eigenvalue weighted by Gasteiger charge is 2.39. The molecule has 4 heterocycles.